The summed E-state index contributed by atoms with van der Waals surface area (Å²) in [7, 11) is 0. The maximum atomic E-state index is 12.8. The summed E-state index contributed by atoms with van der Waals surface area (Å²) in [5.74, 6) is -0.979. The van der Waals surface area contributed by atoms with Crippen LogP contribution in [0.15, 0.2) is 16.6 Å². The average Bonchev–Trinajstić information content (AvgIpc) is 1.99. The lowest BCUT2D eigenvalue weighted by Crippen LogP contribution is -2.02. The number of hydrogen-bond acceptors (Lipinski definition) is 1. The van der Waals surface area contributed by atoms with E-state index >= 15 is 0 Å². The van der Waals surface area contributed by atoms with Crippen molar-refractivity contribution >= 4 is 28.3 Å². The molecule has 1 aromatic rings. The third-order valence-electron chi connectivity index (χ3n) is 1.34. The summed E-state index contributed by atoms with van der Waals surface area (Å²) in [6, 6.07) is 2.11. The molecule has 0 aromatic heterocycles. The van der Waals surface area contributed by atoms with Gasteiger partial charge in [-0.15, -0.1) is 12.4 Å². The monoisotopic (exact) mass is 257 g/mol. The normalized spacial score (nSPS) is 9.33. The van der Waals surface area contributed by atoms with Gasteiger partial charge >= 0.3 is 0 Å². The quantitative estimate of drug-likeness (QED) is 0.770. The Hall–Kier alpha value is -0.190. The highest BCUT2D eigenvalue weighted by atomic mass is 79.9. The van der Waals surface area contributed by atoms with E-state index in [0.29, 0.717) is 0 Å². The molecule has 0 amide bonds. The molecule has 0 spiro atoms. The molecule has 68 valence electrons. The van der Waals surface area contributed by atoms with E-state index in [2.05, 4.69) is 15.9 Å². The number of halogens is 4. The molecule has 0 bridgehead atoms. The van der Waals surface area contributed by atoms with Crippen LogP contribution in [0.3, 0.4) is 0 Å². The lowest BCUT2D eigenvalue weighted by molar-refractivity contribution is 0.579. The lowest BCUT2D eigenvalue weighted by atomic mass is 10.2. The van der Waals surface area contributed by atoms with Crippen LogP contribution in [-0.4, -0.2) is 0 Å². The second-order valence-corrected chi connectivity index (χ2v) is 2.82. The zero-order chi connectivity index (χ0) is 8.43. The van der Waals surface area contributed by atoms with E-state index in [0.717, 1.165) is 12.1 Å². The largest absolute Gasteiger partial charge is 0.326 e. The van der Waals surface area contributed by atoms with Crippen LogP contribution in [0.25, 0.3) is 0 Å². The highest BCUT2D eigenvalue weighted by Gasteiger charge is 2.08. The van der Waals surface area contributed by atoms with E-state index in [9.17, 15) is 8.78 Å². The minimum atomic E-state index is -0.494. The molecule has 1 nitrogen and oxygen atoms in total. The van der Waals surface area contributed by atoms with Gasteiger partial charge in [-0.1, -0.05) is 0 Å². The van der Waals surface area contributed by atoms with Gasteiger partial charge in [0.25, 0.3) is 0 Å². The van der Waals surface area contributed by atoms with Gasteiger partial charge in [0.05, 0.1) is 4.47 Å². The van der Waals surface area contributed by atoms with Crippen molar-refractivity contribution in [1.82, 2.24) is 0 Å². The highest BCUT2D eigenvalue weighted by Crippen LogP contribution is 2.22. The van der Waals surface area contributed by atoms with Crippen molar-refractivity contribution < 1.29 is 8.78 Å². The van der Waals surface area contributed by atoms with Gasteiger partial charge in [-0.3, -0.25) is 0 Å². The van der Waals surface area contributed by atoms with Crippen LogP contribution < -0.4 is 5.73 Å². The Labute approximate surface area is 83.5 Å². The maximum absolute atomic E-state index is 12.8. The summed E-state index contributed by atoms with van der Waals surface area (Å²) < 4.78 is 25.5. The van der Waals surface area contributed by atoms with Crippen molar-refractivity contribution in [2.45, 2.75) is 6.54 Å². The van der Waals surface area contributed by atoms with Crippen LogP contribution in [0.5, 0.6) is 0 Å². The summed E-state index contributed by atoms with van der Waals surface area (Å²) in [5, 5.41) is 0. The van der Waals surface area contributed by atoms with E-state index in [1.165, 1.54) is 0 Å². The van der Waals surface area contributed by atoms with Gasteiger partial charge in [0, 0.05) is 12.1 Å². The van der Waals surface area contributed by atoms with Gasteiger partial charge in [0.2, 0.25) is 0 Å². The zero-order valence-corrected chi connectivity index (χ0v) is 8.38. The molecule has 12 heavy (non-hydrogen) atoms. The maximum Gasteiger partial charge on any atom is 0.137 e. The molecule has 0 saturated heterocycles. The molecule has 0 aliphatic heterocycles. The molecular formula is C7H7BrClF2N. The van der Waals surface area contributed by atoms with Crippen molar-refractivity contribution in [2.75, 3.05) is 0 Å². The van der Waals surface area contributed by atoms with E-state index in [4.69, 9.17) is 5.73 Å². The van der Waals surface area contributed by atoms with Gasteiger partial charge in [-0.2, -0.15) is 0 Å². The predicted molar refractivity (Wildman–Crippen MR) is 49.2 cm³/mol. The van der Waals surface area contributed by atoms with Crippen LogP contribution in [-0.2, 0) is 6.54 Å². The second-order valence-electron chi connectivity index (χ2n) is 2.03. The van der Waals surface area contributed by atoms with Gasteiger partial charge in [-0.25, -0.2) is 8.78 Å². The first-order valence-electron chi connectivity index (χ1n) is 2.99. The van der Waals surface area contributed by atoms with Crippen LogP contribution in [0, 0.1) is 11.6 Å². The number of hydrogen-bond donors (Lipinski definition) is 1. The SMILES string of the molecule is Cl.NCc1c(F)ccc(F)c1Br. The molecule has 0 unspecified atom stereocenters. The molecule has 0 saturated carbocycles. The fourth-order valence-corrected chi connectivity index (χ4v) is 1.24. The molecule has 2 N–H and O–H groups in total. The number of rotatable bonds is 1. The molecule has 0 fully saturated rings. The smallest absolute Gasteiger partial charge is 0.137 e. The predicted octanol–water partition coefficient (Wildman–Crippen LogP) is 2.61. The van der Waals surface area contributed by atoms with Gasteiger partial charge in [-0.05, 0) is 28.1 Å². The van der Waals surface area contributed by atoms with Crippen molar-refractivity contribution in [1.29, 1.82) is 0 Å². The molecular weight excluding hydrogens is 251 g/mol. The molecule has 0 aliphatic carbocycles. The Morgan fingerprint density at radius 3 is 2.17 bits per heavy atom. The van der Waals surface area contributed by atoms with E-state index < -0.39 is 11.6 Å². The standard InChI is InChI=1S/C7H6BrF2N.ClH/c8-7-4(3-11)5(9)1-2-6(7)10;/h1-2H,3,11H2;1H. The van der Waals surface area contributed by atoms with Crippen molar-refractivity contribution in [3.05, 3.63) is 33.8 Å². The Balaban J connectivity index is 0.00000121. The summed E-state index contributed by atoms with van der Waals surface area (Å²) in [5.41, 5.74) is 5.36. The van der Waals surface area contributed by atoms with Crippen molar-refractivity contribution in [3.63, 3.8) is 0 Å². The Kier molecular flexibility index (Phi) is 4.67. The van der Waals surface area contributed by atoms with Gasteiger partial charge < -0.3 is 5.73 Å². The first-order chi connectivity index (χ1) is 5.16. The molecule has 1 aromatic carbocycles. The zero-order valence-electron chi connectivity index (χ0n) is 5.98. The van der Waals surface area contributed by atoms with Crippen molar-refractivity contribution in [3.8, 4) is 0 Å². The molecule has 0 heterocycles. The Morgan fingerprint density at radius 2 is 1.75 bits per heavy atom. The van der Waals surface area contributed by atoms with E-state index in [-0.39, 0.29) is 29.0 Å². The first-order valence-corrected chi connectivity index (χ1v) is 3.78. The number of nitrogens with two attached hydrogens (primary N) is 1. The topological polar surface area (TPSA) is 26.0 Å². The number of benzene rings is 1. The fraction of sp³-hybridized carbons (Fsp3) is 0.143. The molecule has 5 heteroatoms. The third-order valence-corrected chi connectivity index (χ3v) is 2.20. The van der Waals surface area contributed by atoms with E-state index in [1.807, 2.05) is 0 Å². The van der Waals surface area contributed by atoms with Crippen molar-refractivity contribution in [2.24, 2.45) is 5.73 Å². The Bertz CT molecular complexity index is 280. The summed E-state index contributed by atoms with van der Waals surface area (Å²) in [6.45, 7) is -0.00975. The molecule has 0 atom stereocenters. The Morgan fingerprint density at radius 1 is 1.25 bits per heavy atom. The van der Waals surface area contributed by atoms with Crippen LogP contribution in [0.4, 0.5) is 8.78 Å². The molecule has 0 radical (unpaired) electrons. The van der Waals surface area contributed by atoms with E-state index in [1.54, 1.807) is 0 Å². The van der Waals surface area contributed by atoms with Gasteiger partial charge in [0.1, 0.15) is 11.6 Å². The summed E-state index contributed by atoms with van der Waals surface area (Å²) >= 11 is 2.90. The van der Waals surface area contributed by atoms with Crippen LogP contribution >= 0.6 is 28.3 Å². The summed E-state index contributed by atoms with van der Waals surface area (Å²) in [6.07, 6.45) is 0. The van der Waals surface area contributed by atoms with Crippen LogP contribution in [0.1, 0.15) is 5.56 Å². The second kappa shape index (κ2) is 4.74. The molecule has 0 aliphatic rings. The van der Waals surface area contributed by atoms with Gasteiger partial charge in [0.15, 0.2) is 0 Å². The minimum Gasteiger partial charge on any atom is -0.326 e. The van der Waals surface area contributed by atoms with Crippen LogP contribution in [0.2, 0.25) is 0 Å². The molecule has 1 rings (SSSR count). The fourth-order valence-electron chi connectivity index (χ4n) is 0.756. The lowest BCUT2D eigenvalue weighted by Gasteiger charge is -2.02. The summed E-state index contributed by atoms with van der Waals surface area (Å²) in [4.78, 5) is 0. The average molecular weight is 258 g/mol. The minimum absolute atomic E-state index is 0. The highest BCUT2D eigenvalue weighted by molar-refractivity contribution is 9.10. The first kappa shape index (κ1) is 11.8. The third kappa shape index (κ3) is 2.15.